The summed E-state index contributed by atoms with van der Waals surface area (Å²) in [6.45, 7) is 0. The number of hydrogen-bond donors (Lipinski definition) is 4. The molecule has 0 atom stereocenters. The second-order valence-electron chi connectivity index (χ2n) is 6.89. The summed E-state index contributed by atoms with van der Waals surface area (Å²) in [5, 5.41) is 18.0. The molecule has 1 saturated carbocycles. The standard InChI is InChI=1S/C19H18N8O3/c1-30-13-4-2-3-12(8-13)21-17-24-15-10(7-14-16(28)25-19(29)23-14)9-20-27(15)18(26-17)22-11-5-6-11/h2-4,7-9,11,28H,5-6H2,1H3,(H,21,22,26)(H2,23,25,29). The van der Waals surface area contributed by atoms with Crippen molar-refractivity contribution < 1.29 is 9.84 Å². The fourth-order valence-corrected chi connectivity index (χ4v) is 2.97. The van der Waals surface area contributed by atoms with Crippen LogP contribution < -0.4 is 26.6 Å². The molecule has 1 aliphatic carbocycles. The van der Waals surface area contributed by atoms with Crippen LogP contribution in [-0.2, 0) is 0 Å². The summed E-state index contributed by atoms with van der Waals surface area (Å²) in [6.07, 6.45) is 5.19. The fourth-order valence-electron chi connectivity index (χ4n) is 2.97. The second-order valence-corrected chi connectivity index (χ2v) is 6.89. The summed E-state index contributed by atoms with van der Waals surface area (Å²) in [7, 11) is 1.60. The number of benzene rings is 1. The second kappa shape index (κ2) is 7.03. The molecule has 4 aromatic rings. The van der Waals surface area contributed by atoms with E-state index in [0.717, 1.165) is 18.5 Å². The van der Waals surface area contributed by atoms with Gasteiger partial charge in [0.15, 0.2) is 5.65 Å². The lowest BCUT2D eigenvalue weighted by Gasteiger charge is -2.07. The van der Waals surface area contributed by atoms with E-state index in [0.29, 0.717) is 28.2 Å². The molecule has 152 valence electrons. The molecule has 11 nitrogen and oxygen atoms in total. The van der Waals surface area contributed by atoms with Crippen LogP contribution in [-0.4, -0.2) is 47.8 Å². The Morgan fingerprint density at radius 3 is 2.93 bits per heavy atom. The first kappa shape index (κ1) is 17.9. The number of nitrogens with zero attached hydrogens (tertiary/aromatic N) is 5. The van der Waals surface area contributed by atoms with E-state index in [1.165, 1.54) is 0 Å². The molecule has 5 rings (SSSR count). The third kappa shape index (κ3) is 3.48. The molecule has 1 aliphatic rings. The number of imidazole rings is 1. The third-order valence-corrected chi connectivity index (χ3v) is 4.58. The average molecular weight is 406 g/mol. The van der Waals surface area contributed by atoms with Gasteiger partial charge in [0.1, 0.15) is 11.4 Å². The molecule has 0 radical (unpaired) electrons. The quantitative estimate of drug-likeness (QED) is 0.371. The number of H-pyrrole nitrogens is 2. The monoisotopic (exact) mass is 406 g/mol. The lowest BCUT2D eigenvalue weighted by molar-refractivity contribution is 0.415. The average Bonchev–Trinajstić information content (AvgIpc) is 3.37. The van der Waals surface area contributed by atoms with E-state index < -0.39 is 5.69 Å². The van der Waals surface area contributed by atoms with Crippen molar-refractivity contribution in [3.8, 4) is 11.6 Å². The predicted octanol–water partition coefficient (Wildman–Crippen LogP) is 0.209. The number of aromatic nitrogens is 6. The van der Waals surface area contributed by atoms with Gasteiger partial charge >= 0.3 is 5.69 Å². The van der Waals surface area contributed by atoms with Crippen LogP contribution in [0.2, 0.25) is 0 Å². The SMILES string of the molecule is COc1cccc(Nc2nc(=NC3CC3)n3ncc(=Cc4[nH]c(=O)[nH]c4O)c3n2)c1. The molecule has 1 aromatic carbocycles. The predicted molar refractivity (Wildman–Crippen MR) is 108 cm³/mol. The minimum Gasteiger partial charge on any atom is -0.497 e. The van der Waals surface area contributed by atoms with Crippen LogP contribution in [0, 0.1) is 0 Å². The van der Waals surface area contributed by atoms with E-state index in [1.54, 1.807) is 23.9 Å². The van der Waals surface area contributed by atoms with Crippen molar-refractivity contribution in [3.63, 3.8) is 0 Å². The number of aromatic hydroxyl groups is 1. The van der Waals surface area contributed by atoms with E-state index in [2.05, 4.69) is 35.3 Å². The maximum Gasteiger partial charge on any atom is 0.326 e. The first-order valence-corrected chi connectivity index (χ1v) is 9.33. The topological polar surface area (TPSA) is 146 Å². The molecular formula is C19H18N8O3. The molecule has 3 aromatic heterocycles. The molecule has 0 amide bonds. The lowest BCUT2D eigenvalue weighted by Crippen LogP contribution is -2.24. The Labute approximate surface area is 168 Å². The highest BCUT2D eigenvalue weighted by molar-refractivity contribution is 5.60. The van der Waals surface area contributed by atoms with Crippen molar-refractivity contribution in [1.29, 1.82) is 0 Å². The summed E-state index contributed by atoms with van der Waals surface area (Å²) < 4.78 is 6.80. The minimum atomic E-state index is -0.505. The summed E-state index contributed by atoms with van der Waals surface area (Å²) in [4.78, 5) is 29.9. The van der Waals surface area contributed by atoms with Crippen LogP contribution >= 0.6 is 0 Å². The number of aromatic amines is 2. The number of fused-ring (bicyclic) bond motifs is 1. The van der Waals surface area contributed by atoms with Gasteiger partial charge in [-0.05, 0) is 31.1 Å². The summed E-state index contributed by atoms with van der Waals surface area (Å²) >= 11 is 0. The number of rotatable bonds is 5. The molecule has 0 aliphatic heterocycles. The number of nitrogens with one attached hydrogen (secondary N) is 3. The van der Waals surface area contributed by atoms with Crippen LogP contribution in [0.15, 0.2) is 40.2 Å². The molecule has 3 heterocycles. The molecule has 0 saturated heterocycles. The van der Waals surface area contributed by atoms with E-state index in [9.17, 15) is 9.90 Å². The molecule has 0 bridgehead atoms. The molecule has 11 heteroatoms. The van der Waals surface area contributed by atoms with Crippen molar-refractivity contribution in [3.05, 3.63) is 57.5 Å². The Kier molecular flexibility index (Phi) is 4.20. The zero-order chi connectivity index (χ0) is 20.7. The lowest BCUT2D eigenvalue weighted by atomic mass is 10.3. The van der Waals surface area contributed by atoms with Crippen LogP contribution in [0.5, 0.6) is 11.6 Å². The van der Waals surface area contributed by atoms with Crippen molar-refractivity contribution in [2.24, 2.45) is 4.99 Å². The first-order chi connectivity index (χ1) is 14.6. The minimum absolute atomic E-state index is 0.231. The Morgan fingerprint density at radius 2 is 2.20 bits per heavy atom. The molecular weight excluding hydrogens is 388 g/mol. The van der Waals surface area contributed by atoms with E-state index >= 15 is 0 Å². The maximum atomic E-state index is 11.4. The Morgan fingerprint density at radius 1 is 1.33 bits per heavy atom. The zero-order valence-electron chi connectivity index (χ0n) is 16.0. The molecule has 4 N–H and O–H groups in total. The highest BCUT2D eigenvalue weighted by Crippen LogP contribution is 2.22. The van der Waals surface area contributed by atoms with Gasteiger partial charge in [0, 0.05) is 17.0 Å². The zero-order valence-corrected chi connectivity index (χ0v) is 16.0. The van der Waals surface area contributed by atoms with Gasteiger partial charge in [-0.2, -0.15) is 19.6 Å². The van der Waals surface area contributed by atoms with Crippen molar-refractivity contribution >= 4 is 23.4 Å². The van der Waals surface area contributed by atoms with Gasteiger partial charge in [0.25, 0.3) is 5.62 Å². The number of hydrogen-bond acceptors (Lipinski definition) is 8. The Hall–Kier alpha value is -4.15. The van der Waals surface area contributed by atoms with Crippen LogP contribution in [0.1, 0.15) is 18.5 Å². The third-order valence-electron chi connectivity index (χ3n) is 4.58. The van der Waals surface area contributed by atoms with Crippen LogP contribution in [0.25, 0.3) is 11.7 Å². The van der Waals surface area contributed by atoms with Crippen LogP contribution in [0.4, 0.5) is 11.6 Å². The Balaban J connectivity index is 1.66. The van der Waals surface area contributed by atoms with E-state index in [1.807, 2.05) is 24.3 Å². The Bertz CT molecular complexity index is 1410. The van der Waals surface area contributed by atoms with Gasteiger partial charge in [-0.15, -0.1) is 0 Å². The van der Waals surface area contributed by atoms with Gasteiger partial charge in [0.05, 0.1) is 19.3 Å². The number of methoxy groups -OCH3 is 1. The highest BCUT2D eigenvalue weighted by Gasteiger charge is 2.21. The van der Waals surface area contributed by atoms with Gasteiger partial charge in [-0.1, -0.05) is 6.07 Å². The smallest absolute Gasteiger partial charge is 0.326 e. The maximum absolute atomic E-state index is 11.4. The summed E-state index contributed by atoms with van der Waals surface area (Å²) in [6, 6.07) is 7.64. The van der Waals surface area contributed by atoms with Gasteiger partial charge in [-0.3, -0.25) is 4.98 Å². The largest absolute Gasteiger partial charge is 0.497 e. The van der Waals surface area contributed by atoms with Gasteiger partial charge in [0.2, 0.25) is 11.8 Å². The summed E-state index contributed by atoms with van der Waals surface area (Å²) in [5.74, 6) is 0.789. The van der Waals surface area contributed by atoms with Gasteiger partial charge < -0.3 is 20.1 Å². The van der Waals surface area contributed by atoms with Crippen molar-refractivity contribution in [2.75, 3.05) is 12.4 Å². The molecule has 0 spiro atoms. The van der Waals surface area contributed by atoms with Crippen LogP contribution in [0.3, 0.4) is 0 Å². The number of ether oxygens (including phenoxy) is 1. The molecule has 30 heavy (non-hydrogen) atoms. The highest BCUT2D eigenvalue weighted by atomic mass is 16.5. The fraction of sp³-hybridized carbons (Fsp3) is 0.211. The number of anilines is 2. The summed E-state index contributed by atoms with van der Waals surface area (Å²) in [5.41, 5.74) is 1.40. The first-order valence-electron chi connectivity index (χ1n) is 9.33. The van der Waals surface area contributed by atoms with E-state index in [4.69, 9.17) is 4.74 Å². The van der Waals surface area contributed by atoms with Crippen molar-refractivity contribution in [2.45, 2.75) is 18.9 Å². The van der Waals surface area contributed by atoms with Gasteiger partial charge in [-0.25, -0.2) is 9.79 Å². The molecule has 0 unspecified atom stereocenters. The van der Waals surface area contributed by atoms with Crippen molar-refractivity contribution in [1.82, 2.24) is 29.5 Å². The molecule has 1 fully saturated rings. The van der Waals surface area contributed by atoms with E-state index in [-0.39, 0.29) is 17.6 Å². The normalized spacial score (nSPS) is 15.1.